The number of H-pyrrole nitrogens is 1. The van der Waals surface area contributed by atoms with Crippen LogP contribution < -0.4 is 0 Å². The number of aliphatic hydroxyl groups excluding tert-OH is 1. The van der Waals surface area contributed by atoms with E-state index in [1.807, 2.05) is 50.5 Å². The molecule has 0 aliphatic carbocycles. The van der Waals surface area contributed by atoms with Gasteiger partial charge in [-0.2, -0.15) is 0 Å². The van der Waals surface area contributed by atoms with Crippen LogP contribution in [-0.4, -0.2) is 10.1 Å². The molecular formula is C13H15NO. The van der Waals surface area contributed by atoms with Gasteiger partial charge in [-0.1, -0.05) is 18.2 Å². The van der Waals surface area contributed by atoms with E-state index in [0.717, 1.165) is 22.3 Å². The quantitative estimate of drug-likeness (QED) is 0.770. The van der Waals surface area contributed by atoms with Gasteiger partial charge in [0.25, 0.3) is 0 Å². The van der Waals surface area contributed by atoms with E-state index in [4.69, 9.17) is 0 Å². The molecule has 78 valence electrons. The van der Waals surface area contributed by atoms with Gasteiger partial charge in [0.1, 0.15) is 6.10 Å². The summed E-state index contributed by atoms with van der Waals surface area (Å²) in [5.41, 5.74) is 4.18. The molecule has 0 aliphatic rings. The van der Waals surface area contributed by atoms with Gasteiger partial charge in [0, 0.05) is 18.0 Å². The first-order valence-corrected chi connectivity index (χ1v) is 5.07. The van der Waals surface area contributed by atoms with Gasteiger partial charge < -0.3 is 10.1 Å². The highest BCUT2D eigenvalue weighted by Gasteiger charge is 2.14. The minimum Gasteiger partial charge on any atom is -0.384 e. The van der Waals surface area contributed by atoms with Crippen LogP contribution in [0.25, 0.3) is 0 Å². The van der Waals surface area contributed by atoms with Gasteiger partial charge in [0.05, 0.1) is 0 Å². The molecule has 2 N–H and O–H groups in total. The summed E-state index contributed by atoms with van der Waals surface area (Å²) in [6.45, 7) is 4.05. The van der Waals surface area contributed by atoms with Gasteiger partial charge >= 0.3 is 0 Å². The lowest BCUT2D eigenvalue weighted by Gasteiger charge is -2.15. The van der Waals surface area contributed by atoms with E-state index in [2.05, 4.69) is 4.98 Å². The molecule has 0 fully saturated rings. The lowest BCUT2D eigenvalue weighted by Crippen LogP contribution is -2.03. The van der Waals surface area contributed by atoms with E-state index in [9.17, 15) is 5.11 Å². The number of aromatic nitrogens is 1. The molecule has 0 spiro atoms. The molecule has 1 heterocycles. The Balaban J connectivity index is 2.46. The van der Waals surface area contributed by atoms with Gasteiger partial charge in [0.2, 0.25) is 0 Å². The van der Waals surface area contributed by atoms with E-state index >= 15 is 0 Å². The summed E-state index contributed by atoms with van der Waals surface area (Å²) in [6, 6.07) is 7.96. The predicted octanol–water partition coefficient (Wildman–Crippen LogP) is 2.71. The van der Waals surface area contributed by atoms with E-state index in [-0.39, 0.29) is 0 Å². The molecule has 0 saturated carbocycles. The normalized spacial score (nSPS) is 12.7. The van der Waals surface area contributed by atoms with E-state index in [1.165, 1.54) is 0 Å². The van der Waals surface area contributed by atoms with Crippen molar-refractivity contribution in [3.63, 3.8) is 0 Å². The molecule has 2 heteroatoms. The van der Waals surface area contributed by atoms with Crippen LogP contribution in [0.5, 0.6) is 0 Å². The molecule has 2 aromatic rings. The fraction of sp³-hybridized carbons (Fsp3) is 0.231. The standard InChI is InChI=1S/C13H15NO/c1-9-4-3-5-10(2)12(9)13(15)11-6-7-14-8-11/h3-8,13-15H,1-2H3. The van der Waals surface area contributed by atoms with Gasteiger partial charge in [-0.05, 0) is 36.6 Å². The number of aliphatic hydroxyl groups is 1. The fourth-order valence-electron chi connectivity index (χ4n) is 1.93. The summed E-state index contributed by atoms with van der Waals surface area (Å²) in [5.74, 6) is 0. The van der Waals surface area contributed by atoms with Crippen LogP contribution in [-0.2, 0) is 0 Å². The monoisotopic (exact) mass is 201 g/mol. The van der Waals surface area contributed by atoms with Crippen LogP contribution in [0.4, 0.5) is 0 Å². The number of aromatic amines is 1. The van der Waals surface area contributed by atoms with Crippen LogP contribution in [0.15, 0.2) is 36.7 Å². The van der Waals surface area contributed by atoms with Crippen molar-refractivity contribution in [3.05, 3.63) is 58.9 Å². The van der Waals surface area contributed by atoms with E-state index in [0.29, 0.717) is 0 Å². The first-order valence-electron chi connectivity index (χ1n) is 5.07. The summed E-state index contributed by atoms with van der Waals surface area (Å²) >= 11 is 0. The number of aryl methyl sites for hydroxylation is 2. The van der Waals surface area contributed by atoms with Crippen molar-refractivity contribution < 1.29 is 5.11 Å². The molecule has 1 aromatic carbocycles. The fourth-order valence-corrected chi connectivity index (χ4v) is 1.93. The van der Waals surface area contributed by atoms with E-state index in [1.54, 1.807) is 0 Å². The Labute approximate surface area is 89.6 Å². The molecule has 0 radical (unpaired) electrons. The molecule has 2 nitrogen and oxygen atoms in total. The summed E-state index contributed by atoms with van der Waals surface area (Å²) in [4.78, 5) is 2.96. The van der Waals surface area contributed by atoms with Crippen molar-refractivity contribution in [1.82, 2.24) is 4.98 Å². The Kier molecular flexibility index (Phi) is 2.60. The highest BCUT2D eigenvalue weighted by atomic mass is 16.3. The highest BCUT2D eigenvalue weighted by molar-refractivity contribution is 5.39. The third kappa shape index (κ3) is 1.81. The second-order valence-corrected chi connectivity index (χ2v) is 3.85. The number of benzene rings is 1. The second kappa shape index (κ2) is 3.91. The lowest BCUT2D eigenvalue weighted by atomic mass is 9.95. The average molecular weight is 201 g/mol. The summed E-state index contributed by atoms with van der Waals surface area (Å²) in [7, 11) is 0. The molecule has 1 aromatic heterocycles. The van der Waals surface area contributed by atoms with Crippen molar-refractivity contribution in [2.45, 2.75) is 20.0 Å². The maximum Gasteiger partial charge on any atom is 0.106 e. The van der Waals surface area contributed by atoms with Gasteiger partial charge in [-0.3, -0.25) is 0 Å². The average Bonchev–Trinajstić information content (AvgIpc) is 2.69. The van der Waals surface area contributed by atoms with Crippen molar-refractivity contribution in [2.75, 3.05) is 0 Å². The van der Waals surface area contributed by atoms with Crippen LogP contribution in [0.3, 0.4) is 0 Å². The first-order chi connectivity index (χ1) is 7.20. The number of hydrogen-bond acceptors (Lipinski definition) is 1. The number of rotatable bonds is 2. The minimum atomic E-state index is -0.530. The van der Waals surface area contributed by atoms with Gasteiger partial charge in [-0.25, -0.2) is 0 Å². The molecular weight excluding hydrogens is 186 g/mol. The number of nitrogens with one attached hydrogen (secondary N) is 1. The van der Waals surface area contributed by atoms with Crippen LogP contribution >= 0.6 is 0 Å². The van der Waals surface area contributed by atoms with Crippen LogP contribution in [0.1, 0.15) is 28.4 Å². The molecule has 1 atom stereocenters. The molecule has 0 aliphatic heterocycles. The summed E-state index contributed by atoms with van der Waals surface area (Å²) in [6.07, 6.45) is 3.13. The van der Waals surface area contributed by atoms with Crippen molar-refractivity contribution in [3.8, 4) is 0 Å². The number of hydrogen-bond donors (Lipinski definition) is 2. The van der Waals surface area contributed by atoms with Crippen molar-refractivity contribution in [1.29, 1.82) is 0 Å². The maximum absolute atomic E-state index is 10.2. The van der Waals surface area contributed by atoms with Crippen LogP contribution in [0.2, 0.25) is 0 Å². The minimum absolute atomic E-state index is 0.530. The topological polar surface area (TPSA) is 36.0 Å². The Bertz CT molecular complexity index is 425. The Morgan fingerprint density at radius 2 is 1.80 bits per heavy atom. The van der Waals surface area contributed by atoms with Crippen molar-refractivity contribution in [2.24, 2.45) is 0 Å². The molecule has 0 saturated heterocycles. The molecule has 2 rings (SSSR count). The molecule has 1 unspecified atom stereocenters. The zero-order chi connectivity index (χ0) is 10.8. The molecule has 0 bridgehead atoms. The SMILES string of the molecule is Cc1cccc(C)c1C(O)c1cc[nH]c1. The second-order valence-electron chi connectivity index (χ2n) is 3.85. The zero-order valence-corrected chi connectivity index (χ0v) is 8.99. The van der Waals surface area contributed by atoms with Gasteiger partial charge in [0.15, 0.2) is 0 Å². The first kappa shape index (κ1) is 9.99. The third-order valence-electron chi connectivity index (χ3n) is 2.75. The predicted molar refractivity (Wildman–Crippen MR) is 60.8 cm³/mol. The Morgan fingerprint density at radius 1 is 1.13 bits per heavy atom. The largest absolute Gasteiger partial charge is 0.384 e. The van der Waals surface area contributed by atoms with Gasteiger partial charge in [-0.15, -0.1) is 0 Å². The molecule has 15 heavy (non-hydrogen) atoms. The highest BCUT2D eigenvalue weighted by Crippen LogP contribution is 2.27. The van der Waals surface area contributed by atoms with Crippen molar-refractivity contribution >= 4 is 0 Å². The maximum atomic E-state index is 10.2. The lowest BCUT2D eigenvalue weighted by molar-refractivity contribution is 0.219. The molecule has 0 amide bonds. The third-order valence-corrected chi connectivity index (χ3v) is 2.75. The smallest absolute Gasteiger partial charge is 0.106 e. The zero-order valence-electron chi connectivity index (χ0n) is 8.99. The van der Waals surface area contributed by atoms with E-state index < -0.39 is 6.10 Å². The Morgan fingerprint density at radius 3 is 2.33 bits per heavy atom. The van der Waals surface area contributed by atoms with Crippen LogP contribution in [0, 0.1) is 13.8 Å². The Hall–Kier alpha value is -1.54. The summed E-state index contributed by atoms with van der Waals surface area (Å²) in [5, 5.41) is 10.2. The summed E-state index contributed by atoms with van der Waals surface area (Å²) < 4.78 is 0.